The molecule has 0 aliphatic carbocycles. The van der Waals surface area contributed by atoms with E-state index in [1.807, 2.05) is 72.8 Å². The van der Waals surface area contributed by atoms with Gasteiger partial charge in [-0.2, -0.15) is 0 Å². The van der Waals surface area contributed by atoms with E-state index >= 15 is 0 Å². The number of carbonyl (C=O) groups excluding carboxylic acids is 2. The van der Waals surface area contributed by atoms with Crippen LogP contribution in [0.25, 0.3) is 10.8 Å². The molecule has 1 aliphatic rings. The zero-order valence-electron chi connectivity index (χ0n) is 18.3. The topological polar surface area (TPSA) is 57.6 Å². The Balaban J connectivity index is 1.61. The number of amides is 1. The van der Waals surface area contributed by atoms with Crippen molar-refractivity contribution in [2.75, 3.05) is 4.90 Å². The molecule has 4 nitrogen and oxygen atoms in total. The van der Waals surface area contributed by atoms with Crippen LogP contribution in [-0.4, -0.2) is 16.8 Å². The molecule has 0 bridgehead atoms. The Morgan fingerprint density at radius 3 is 2.29 bits per heavy atom. The first-order valence-corrected chi connectivity index (χ1v) is 11.5. The number of aliphatic hydroxyl groups is 1. The number of rotatable bonds is 6. The van der Waals surface area contributed by atoms with Gasteiger partial charge in [0.15, 0.2) is 11.5 Å². The first-order valence-electron chi connectivity index (χ1n) is 11.1. The van der Waals surface area contributed by atoms with Crippen molar-refractivity contribution in [3.63, 3.8) is 0 Å². The number of aryl methyl sites for hydroxylation is 1. The molecule has 34 heavy (non-hydrogen) atoms. The first-order chi connectivity index (χ1) is 16.5. The van der Waals surface area contributed by atoms with Gasteiger partial charge in [0.25, 0.3) is 5.91 Å². The van der Waals surface area contributed by atoms with Gasteiger partial charge in [-0.1, -0.05) is 84.4 Å². The van der Waals surface area contributed by atoms with Crippen molar-refractivity contribution in [2.24, 2.45) is 0 Å². The summed E-state index contributed by atoms with van der Waals surface area (Å²) in [5.74, 6) is -1.33. The molecule has 1 atom stereocenters. The van der Waals surface area contributed by atoms with Crippen LogP contribution in [0.15, 0.2) is 108 Å². The molecule has 1 heterocycles. The highest BCUT2D eigenvalue weighted by Gasteiger charge is 2.44. The fraction of sp³-hybridized carbons (Fsp3) is 0.103. The average Bonchev–Trinajstić information content (AvgIpc) is 3.13. The SMILES string of the molecule is O=C(CCc1ccccc1)C1=C(O)C(=O)N(c2ccc(Cl)cc2)C1c1cccc2ccccc12. The Morgan fingerprint density at radius 1 is 0.853 bits per heavy atom. The third-order valence-electron chi connectivity index (χ3n) is 6.21. The predicted octanol–water partition coefficient (Wildman–Crippen LogP) is 6.60. The van der Waals surface area contributed by atoms with Crippen LogP contribution in [0.5, 0.6) is 0 Å². The van der Waals surface area contributed by atoms with Gasteiger partial charge in [-0.15, -0.1) is 0 Å². The molecular formula is C29H22ClNO3. The first kappa shape index (κ1) is 21.9. The van der Waals surface area contributed by atoms with Gasteiger partial charge >= 0.3 is 0 Å². The van der Waals surface area contributed by atoms with Crippen LogP contribution in [0.3, 0.4) is 0 Å². The van der Waals surface area contributed by atoms with Gasteiger partial charge in [-0.25, -0.2) is 0 Å². The van der Waals surface area contributed by atoms with Gasteiger partial charge in [-0.05, 0) is 52.6 Å². The molecule has 5 heteroatoms. The monoisotopic (exact) mass is 467 g/mol. The lowest BCUT2D eigenvalue weighted by atomic mass is 9.90. The van der Waals surface area contributed by atoms with Gasteiger partial charge in [0.2, 0.25) is 0 Å². The molecule has 1 aliphatic heterocycles. The number of Topliss-reactive ketones (excluding diaryl/α,β-unsaturated/α-hetero) is 1. The Hall–Kier alpha value is -3.89. The van der Waals surface area contributed by atoms with Gasteiger partial charge in [-0.3, -0.25) is 14.5 Å². The number of hydrogen-bond acceptors (Lipinski definition) is 3. The molecule has 0 fully saturated rings. The minimum atomic E-state index is -0.747. The number of anilines is 1. The second-order valence-electron chi connectivity index (χ2n) is 8.29. The number of ketones is 1. The van der Waals surface area contributed by atoms with E-state index in [1.54, 1.807) is 24.3 Å². The van der Waals surface area contributed by atoms with Crippen LogP contribution in [0.2, 0.25) is 5.02 Å². The van der Waals surface area contributed by atoms with E-state index in [0.717, 1.165) is 21.9 Å². The highest BCUT2D eigenvalue weighted by molar-refractivity contribution is 6.30. The summed E-state index contributed by atoms with van der Waals surface area (Å²) in [6, 6.07) is 29.4. The molecule has 1 unspecified atom stereocenters. The van der Waals surface area contributed by atoms with Crippen molar-refractivity contribution in [2.45, 2.75) is 18.9 Å². The summed E-state index contributed by atoms with van der Waals surface area (Å²) < 4.78 is 0. The number of nitrogens with zero attached hydrogens (tertiary/aromatic N) is 1. The number of benzene rings is 4. The summed E-state index contributed by atoms with van der Waals surface area (Å²) in [4.78, 5) is 28.3. The van der Waals surface area contributed by atoms with Gasteiger partial charge in [0.05, 0.1) is 11.6 Å². The van der Waals surface area contributed by atoms with Crippen LogP contribution in [0, 0.1) is 0 Å². The number of hydrogen-bond donors (Lipinski definition) is 1. The van der Waals surface area contributed by atoms with Crippen LogP contribution >= 0.6 is 11.6 Å². The van der Waals surface area contributed by atoms with E-state index in [-0.39, 0.29) is 17.8 Å². The summed E-state index contributed by atoms with van der Waals surface area (Å²) in [5.41, 5.74) is 2.50. The maximum absolute atomic E-state index is 13.5. The molecule has 4 aromatic carbocycles. The smallest absolute Gasteiger partial charge is 0.294 e. The minimum absolute atomic E-state index is 0.132. The average molecular weight is 468 g/mol. The van der Waals surface area contributed by atoms with Crippen molar-refractivity contribution in [3.8, 4) is 0 Å². The molecular weight excluding hydrogens is 446 g/mol. The van der Waals surface area contributed by atoms with E-state index in [9.17, 15) is 14.7 Å². The number of aliphatic hydroxyl groups excluding tert-OH is 1. The third-order valence-corrected chi connectivity index (χ3v) is 6.47. The Bertz CT molecular complexity index is 1410. The van der Waals surface area contributed by atoms with Crippen LogP contribution in [-0.2, 0) is 16.0 Å². The largest absolute Gasteiger partial charge is 0.503 e. The summed E-state index contributed by atoms with van der Waals surface area (Å²) in [6.45, 7) is 0. The van der Waals surface area contributed by atoms with Crippen molar-refractivity contribution in [1.29, 1.82) is 0 Å². The molecule has 0 saturated heterocycles. The lowest BCUT2D eigenvalue weighted by Crippen LogP contribution is -2.31. The zero-order valence-corrected chi connectivity index (χ0v) is 19.1. The van der Waals surface area contributed by atoms with E-state index in [1.165, 1.54) is 4.90 Å². The Kier molecular flexibility index (Phi) is 5.91. The summed E-state index contributed by atoms with van der Waals surface area (Å²) in [7, 11) is 0. The molecule has 0 aromatic heterocycles. The molecule has 1 amide bonds. The molecule has 0 saturated carbocycles. The normalized spacial score (nSPS) is 15.9. The van der Waals surface area contributed by atoms with Crippen molar-refractivity contribution in [3.05, 3.63) is 125 Å². The maximum atomic E-state index is 13.5. The Labute approximate surface area is 202 Å². The molecule has 168 valence electrons. The number of carbonyl (C=O) groups is 2. The van der Waals surface area contributed by atoms with Crippen molar-refractivity contribution >= 4 is 39.8 Å². The summed E-state index contributed by atoms with van der Waals surface area (Å²) in [6.07, 6.45) is 0.709. The van der Waals surface area contributed by atoms with Crippen LogP contribution < -0.4 is 4.90 Å². The fourth-order valence-corrected chi connectivity index (χ4v) is 4.70. The predicted molar refractivity (Wildman–Crippen MR) is 135 cm³/mol. The van der Waals surface area contributed by atoms with E-state index in [0.29, 0.717) is 17.1 Å². The maximum Gasteiger partial charge on any atom is 0.294 e. The quantitative estimate of drug-likeness (QED) is 0.347. The second-order valence-corrected chi connectivity index (χ2v) is 8.73. The molecule has 0 radical (unpaired) electrons. The Morgan fingerprint density at radius 2 is 1.53 bits per heavy atom. The highest BCUT2D eigenvalue weighted by Crippen LogP contribution is 2.43. The van der Waals surface area contributed by atoms with Crippen LogP contribution in [0.4, 0.5) is 5.69 Å². The number of halogens is 1. The standard InChI is InChI=1S/C29H22ClNO3/c30-21-14-16-22(17-15-21)31-27(24-12-6-10-20-9-4-5-11-23(20)24)26(28(33)29(31)34)25(32)18-13-19-7-2-1-3-8-19/h1-12,14-17,27,33H,13,18H2. The molecule has 5 rings (SSSR count). The molecule has 0 spiro atoms. The molecule has 4 aromatic rings. The minimum Gasteiger partial charge on any atom is -0.503 e. The molecule has 1 N–H and O–H groups in total. The number of fused-ring (bicyclic) bond motifs is 1. The van der Waals surface area contributed by atoms with E-state index in [2.05, 4.69) is 0 Å². The van der Waals surface area contributed by atoms with Gasteiger partial charge < -0.3 is 5.11 Å². The lowest BCUT2D eigenvalue weighted by Gasteiger charge is -2.28. The van der Waals surface area contributed by atoms with Crippen molar-refractivity contribution in [1.82, 2.24) is 0 Å². The van der Waals surface area contributed by atoms with Gasteiger partial charge in [0.1, 0.15) is 0 Å². The zero-order chi connectivity index (χ0) is 23.7. The van der Waals surface area contributed by atoms with E-state index in [4.69, 9.17) is 11.6 Å². The van der Waals surface area contributed by atoms with Gasteiger partial charge in [0, 0.05) is 17.1 Å². The van der Waals surface area contributed by atoms with Crippen molar-refractivity contribution < 1.29 is 14.7 Å². The van der Waals surface area contributed by atoms with E-state index < -0.39 is 17.7 Å². The summed E-state index contributed by atoms with van der Waals surface area (Å²) >= 11 is 6.08. The third kappa shape index (κ3) is 3.97. The highest BCUT2D eigenvalue weighted by atomic mass is 35.5. The van der Waals surface area contributed by atoms with Crippen LogP contribution in [0.1, 0.15) is 23.6 Å². The second kappa shape index (κ2) is 9.16. The fourth-order valence-electron chi connectivity index (χ4n) is 4.58. The summed E-state index contributed by atoms with van der Waals surface area (Å²) in [5, 5.41) is 13.4. The lowest BCUT2D eigenvalue weighted by molar-refractivity contribution is -0.118.